The Kier molecular flexibility index (Phi) is 5.30. The summed E-state index contributed by atoms with van der Waals surface area (Å²) in [6.07, 6.45) is 0. The van der Waals surface area contributed by atoms with E-state index in [1.165, 1.54) is 0 Å². The van der Waals surface area contributed by atoms with E-state index in [1.54, 1.807) is 30.3 Å². The molecular formula is C8H9Cl2O3PS. The van der Waals surface area contributed by atoms with Crippen molar-refractivity contribution in [3.05, 3.63) is 30.3 Å². The van der Waals surface area contributed by atoms with Crippen molar-refractivity contribution in [3.8, 4) is 0 Å². The number of benzene rings is 1. The standard InChI is InChI=1S/C8H9Cl2O3PS/c9-14(10)13-6-7-15(11,12)8-4-2-1-3-5-8/h1-5H,6-7H2. The van der Waals surface area contributed by atoms with E-state index in [9.17, 15) is 8.42 Å². The van der Waals surface area contributed by atoms with Crippen LogP contribution in [0.15, 0.2) is 35.2 Å². The third-order valence-electron chi connectivity index (χ3n) is 1.64. The highest BCUT2D eigenvalue weighted by atomic mass is 35.9. The molecule has 0 amide bonds. The van der Waals surface area contributed by atoms with Gasteiger partial charge in [0.2, 0.25) is 6.85 Å². The van der Waals surface area contributed by atoms with E-state index in [0.717, 1.165) is 0 Å². The zero-order valence-corrected chi connectivity index (χ0v) is 10.9. The Labute approximate surface area is 99.7 Å². The van der Waals surface area contributed by atoms with E-state index in [-0.39, 0.29) is 17.3 Å². The van der Waals surface area contributed by atoms with Crippen molar-refractivity contribution in [1.29, 1.82) is 0 Å². The van der Waals surface area contributed by atoms with Crippen molar-refractivity contribution < 1.29 is 12.9 Å². The first-order chi connectivity index (χ1) is 7.02. The lowest BCUT2D eigenvalue weighted by Crippen LogP contribution is -2.10. The van der Waals surface area contributed by atoms with E-state index in [0.29, 0.717) is 0 Å². The predicted molar refractivity (Wildman–Crippen MR) is 63.1 cm³/mol. The number of halogens is 2. The second-order valence-electron chi connectivity index (χ2n) is 2.67. The molecule has 3 nitrogen and oxygen atoms in total. The van der Waals surface area contributed by atoms with Crippen LogP contribution in [0, 0.1) is 0 Å². The van der Waals surface area contributed by atoms with Gasteiger partial charge in [0.15, 0.2) is 9.84 Å². The lowest BCUT2D eigenvalue weighted by molar-refractivity contribution is 0.393. The topological polar surface area (TPSA) is 43.4 Å². The Hall–Kier alpha value is 0.140. The Morgan fingerprint density at radius 2 is 1.80 bits per heavy atom. The minimum atomic E-state index is -3.29. The maximum atomic E-state index is 11.7. The van der Waals surface area contributed by atoms with Gasteiger partial charge in [0.25, 0.3) is 0 Å². The van der Waals surface area contributed by atoms with Crippen LogP contribution in [0.2, 0.25) is 0 Å². The number of hydrogen-bond donors (Lipinski definition) is 0. The summed E-state index contributed by atoms with van der Waals surface area (Å²) in [5, 5.41) is 0. The first kappa shape index (κ1) is 13.2. The van der Waals surface area contributed by atoms with Crippen molar-refractivity contribution in [2.45, 2.75) is 4.90 Å². The Morgan fingerprint density at radius 3 is 2.33 bits per heavy atom. The van der Waals surface area contributed by atoms with Gasteiger partial charge in [-0.05, 0) is 34.6 Å². The second-order valence-corrected chi connectivity index (χ2v) is 7.80. The second kappa shape index (κ2) is 6.02. The summed E-state index contributed by atoms with van der Waals surface area (Å²) in [6, 6.07) is 8.18. The zero-order valence-electron chi connectivity index (χ0n) is 7.64. The Bertz CT molecular complexity index is 394. The molecule has 0 saturated carbocycles. The molecule has 0 N–H and O–H groups in total. The lowest BCUT2D eigenvalue weighted by atomic mass is 10.4. The molecule has 0 unspecified atom stereocenters. The molecule has 1 rings (SSSR count). The van der Waals surface area contributed by atoms with Crippen LogP contribution in [0.4, 0.5) is 0 Å². The van der Waals surface area contributed by atoms with E-state index < -0.39 is 16.7 Å². The molecule has 84 valence electrons. The molecule has 7 heteroatoms. The molecule has 0 heterocycles. The average molecular weight is 287 g/mol. The molecule has 1 aromatic rings. The number of rotatable bonds is 5. The van der Waals surface area contributed by atoms with Gasteiger partial charge < -0.3 is 4.52 Å². The number of hydrogen-bond acceptors (Lipinski definition) is 3. The Morgan fingerprint density at radius 1 is 1.20 bits per heavy atom. The summed E-state index contributed by atoms with van der Waals surface area (Å²) >= 11 is 10.7. The molecule has 0 aliphatic heterocycles. The molecule has 0 saturated heterocycles. The van der Waals surface area contributed by atoms with E-state index in [1.807, 2.05) is 0 Å². The molecule has 0 bridgehead atoms. The fourth-order valence-electron chi connectivity index (χ4n) is 0.962. The van der Waals surface area contributed by atoms with E-state index in [2.05, 4.69) is 0 Å². The molecule has 0 spiro atoms. The van der Waals surface area contributed by atoms with Gasteiger partial charge in [0, 0.05) is 0 Å². The van der Waals surface area contributed by atoms with Gasteiger partial charge >= 0.3 is 0 Å². The SMILES string of the molecule is O=S(=O)(CCOP(Cl)Cl)c1ccccc1. The van der Waals surface area contributed by atoms with E-state index >= 15 is 0 Å². The van der Waals surface area contributed by atoms with Gasteiger partial charge in [-0.15, -0.1) is 0 Å². The third-order valence-corrected chi connectivity index (χ3v) is 4.30. The molecule has 15 heavy (non-hydrogen) atoms. The maximum absolute atomic E-state index is 11.7. The quantitative estimate of drug-likeness (QED) is 0.781. The normalized spacial score (nSPS) is 11.9. The highest BCUT2D eigenvalue weighted by molar-refractivity contribution is 8.00. The van der Waals surface area contributed by atoms with Crippen LogP contribution < -0.4 is 0 Å². The summed E-state index contributed by atoms with van der Waals surface area (Å²) in [7, 11) is -3.29. The van der Waals surface area contributed by atoms with Gasteiger partial charge in [-0.25, -0.2) is 8.42 Å². The van der Waals surface area contributed by atoms with Gasteiger partial charge in [-0.1, -0.05) is 18.2 Å². The average Bonchev–Trinajstić information content (AvgIpc) is 2.18. The maximum Gasteiger partial charge on any atom is 0.225 e. The smallest absolute Gasteiger partial charge is 0.225 e. The molecule has 0 aliphatic carbocycles. The largest absolute Gasteiger partial charge is 0.331 e. The minimum absolute atomic E-state index is 0.00985. The summed E-state index contributed by atoms with van der Waals surface area (Å²) in [5.74, 6) is -0.116. The van der Waals surface area contributed by atoms with Crippen molar-refractivity contribution in [2.24, 2.45) is 0 Å². The molecule has 0 aromatic heterocycles. The summed E-state index contributed by atoms with van der Waals surface area (Å²) in [4.78, 5) is 0.280. The van der Waals surface area contributed by atoms with Crippen LogP contribution in [-0.4, -0.2) is 20.8 Å². The summed E-state index contributed by atoms with van der Waals surface area (Å²) in [5.41, 5.74) is 0. The van der Waals surface area contributed by atoms with Crippen molar-refractivity contribution >= 4 is 39.2 Å². The molecule has 0 aliphatic rings. The van der Waals surface area contributed by atoms with Gasteiger partial charge in [0.1, 0.15) is 0 Å². The van der Waals surface area contributed by atoms with Gasteiger partial charge in [-0.2, -0.15) is 0 Å². The first-order valence-electron chi connectivity index (χ1n) is 4.05. The van der Waals surface area contributed by atoms with Gasteiger partial charge in [0.05, 0.1) is 17.3 Å². The van der Waals surface area contributed by atoms with Crippen molar-refractivity contribution in [2.75, 3.05) is 12.4 Å². The van der Waals surface area contributed by atoms with Crippen LogP contribution >= 0.6 is 29.3 Å². The molecule has 0 radical (unpaired) electrons. The highest BCUT2D eigenvalue weighted by Crippen LogP contribution is 2.47. The Balaban J connectivity index is 2.61. The fraction of sp³-hybridized carbons (Fsp3) is 0.250. The highest BCUT2D eigenvalue weighted by Gasteiger charge is 2.14. The van der Waals surface area contributed by atoms with Crippen LogP contribution in [0.25, 0.3) is 0 Å². The van der Waals surface area contributed by atoms with Crippen LogP contribution in [0.1, 0.15) is 0 Å². The van der Waals surface area contributed by atoms with Crippen LogP contribution in [-0.2, 0) is 14.4 Å². The lowest BCUT2D eigenvalue weighted by Gasteiger charge is -2.05. The monoisotopic (exact) mass is 286 g/mol. The zero-order chi connectivity index (χ0) is 11.3. The van der Waals surface area contributed by atoms with Crippen LogP contribution in [0.5, 0.6) is 0 Å². The van der Waals surface area contributed by atoms with Crippen molar-refractivity contribution in [3.63, 3.8) is 0 Å². The molecule has 0 atom stereocenters. The van der Waals surface area contributed by atoms with Gasteiger partial charge in [-0.3, -0.25) is 0 Å². The third kappa shape index (κ3) is 4.66. The number of sulfone groups is 1. The van der Waals surface area contributed by atoms with Crippen LogP contribution in [0.3, 0.4) is 0 Å². The summed E-state index contributed by atoms with van der Waals surface area (Å²) < 4.78 is 28.1. The van der Waals surface area contributed by atoms with Crippen molar-refractivity contribution in [1.82, 2.24) is 0 Å². The summed E-state index contributed by atoms with van der Waals surface area (Å²) in [6.45, 7) is -1.53. The first-order valence-corrected chi connectivity index (χ1v) is 8.77. The minimum Gasteiger partial charge on any atom is -0.331 e. The molecule has 1 aromatic carbocycles. The molecule has 0 fully saturated rings. The fourth-order valence-corrected chi connectivity index (χ4v) is 2.84. The predicted octanol–water partition coefficient (Wildman–Crippen LogP) is 3.18. The molecular weight excluding hydrogens is 278 g/mol. The van der Waals surface area contributed by atoms with E-state index in [4.69, 9.17) is 27.0 Å².